The van der Waals surface area contributed by atoms with Crippen molar-refractivity contribution in [3.05, 3.63) is 35.4 Å². The van der Waals surface area contributed by atoms with Crippen molar-refractivity contribution in [2.75, 3.05) is 13.6 Å². The average molecular weight is 291 g/mol. The molecule has 0 aromatic carbocycles. The summed E-state index contributed by atoms with van der Waals surface area (Å²) in [7, 11) is 2.07. The van der Waals surface area contributed by atoms with Crippen LogP contribution in [-0.2, 0) is 6.54 Å². The van der Waals surface area contributed by atoms with Crippen LogP contribution in [0.25, 0.3) is 0 Å². The van der Waals surface area contributed by atoms with Crippen molar-refractivity contribution in [3.63, 3.8) is 0 Å². The highest BCUT2D eigenvalue weighted by molar-refractivity contribution is 5.09. The molecule has 2 heterocycles. The zero-order valence-electron chi connectivity index (χ0n) is 13.6. The molecule has 0 fully saturated rings. The Kier molecular flexibility index (Phi) is 5.17. The first-order valence-electron chi connectivity index (χ1n) is 7.53. The summed E-state index contributed by atoms with van der Waals surface area (Å²) < 4.78 is 10.9. The molecule has 0 unspecified atom stereocenters. The van der Waals surface area contributed by atoms with Crippen molar-refractivity contribution >= 4 is 0 Å². The van der Waals surface area contributed by atoms with Crippen LogP contribution in [0.5, 0.6) is 0 Å². The number of aromatic nitrogens is 2. The van der Waals surface area contributed by atoms with E-state index >= 15 is 0 Å². The van der Waals surface area contributed by atoms with E-state index in [1.165, 1.54) is 0 Å². The van der Waals surface area contributed by atoms with Gasteiger partial charge < -0.3 is 8.94 Å². The molecule has 0 saturated heterocycles. The van der Waals surface area contributed by atoms with Gasteiger partial charge >= 0.3 is 0 Å². The minimum Gasteiger partial charge on any atom is -0.466 e. The molecule has 0 aliphatic carbocycles. The standard InChI is InChI=1S/C16H25N3O2/c1-11(2)16-17-15(18-21-16)10-19(5)9-8-12(3)14-7-6-13(4)20-14/h6-7,11-12H,8-10H2,1-5H3/t12-/m0/s1. The Bertz CT molecular complexity index is 559. The fourth-order valence-corrected chi connectivity index (χ4v) is 2.16. The predicted molar refractivity (Wildman–Crippen MR) is 81.2 cm³/mol. The molecule has 0 radical (unpaired) electrons. The highest BCUT2D eigenvalue weighted by atomic mass is 16.5. The van der Waals surface area contributed by atoms with Gasteiger partial charge in [0.2, 0.25) is 5.89 Å². The third kappa shape index (κ3) is 4.43. The van der Waals surface area contributed by atoms with Crippen LogP contribution in [0, 0.1) is 6.92 Å². The van der Waals surface area contributed by atoms with Crippen LogP contribution in [0.1, 0.15) is 62.3 Å². The van der Waals surface area contributed by atoms with Gasteiger partial charge in [-0.15, -0.1) is 0 Å². The van der Waals surface area contributed by atoms with Crippen LogP contribution >= 0.6 is 0 Å². The average Bonchev–Trinajstić information content (AvgIpc) is 3.05. The van der Waals surface area contributed by atoms with E-state index in [0.29, 0.717) is 18.4 Å². The molecular formula is C16H25N3O2. The van der Waals surface area contributed by atoms with Gasteiger partial charge in [0.15, 0.2) is 5.82 Å². The van der Waals surface area contributed by atoms with Crippen LogP contribution in [0.3, 0.4) is 0 Å². The Morgan fingerprint density at radius 2 is 2.00 bits per heavy atom. The molecule has 2 aromatic heterocycles. The second-order valence-electron chi connectivity index (χ2n) is 6.08. The predicted octanol–water partition coefficient (Wildman–Crippen LogP) is 3.72. The monoisotopic (exact) mass is 291 g/mol. The van der Waals surface area contributed by atoms with Crippen LogP contribution in [0.2, 0.25) is 0 Å². The molecule has 0 bridgehead atoms. The number of nitrogens with zero attached hydrogens (tertiary/aromatic N) is 3. The number of hydrogen-bond donors (Lipinski definition) is 0. The molecular weight excluding hydrogens is 266 g/mol. The van der Waals surface area contributed by atoms with E-state index in [1.807, 2.05) is 26.8 Å². The lowest BCUT2D eigenvalue weighted by atomic mass is 10.1. The number of rotatable bonds is 7. The second kappa shape index (κ2) is 6.89. The zero-order chi connectivity index (χ0) is 15.4. The molecule has 1 atom stereocenters. The summed E-state index contributed by atoms with van der Waals surface area (Å²) in [6.45, 7) is 9.94. The molecule has 21 heavy (non-hydrogen) atoms. The summed E-state index contributed by atoms with van der Waals surface area (Å²) in [5.74, 6) is 4.18. The highest BCUT2D eigenvalue weighted by Gasteiger charge is 2.14. The van der Waals surface area contributed by atoms with Gasteiger partial charge in [0, 0.05) is 11.8 Å². The molecule has 0 aliphatic heterocycles. The van der Waals surface area contributed by atoms with E-state index in [2.05, 4.69) is 35.1 Å². The first-order chi connectivity index (χ1) is 9.95. The molecule has 0 spiro atoms. The highest BCUT2D eigenvalue weighted by Crippen LogP contribution is 2.21. The second-order valence-corrected chi connectivity index (χ2v) is 6.08. The molecule has 0 N–H and O–H groups in total. The molecule has 5 nitrogen and oxygen atoms in total. The lowest BCUT2D eigenvalue weighted by Crippen LogP contribution is -2.21. The van der Waals surface area contributed by atoms with E-state index in [4.69, 9.17) is 8.94 Å². The number of hydrogen-bond acceptors (Lipinski definition) is 5. The van der Waals surface area contributed by atoms with Gasteiger partial charge in [0.25, 0.3) is 0 Å². The SMILES string of the molecule is Cc1ccc([C@@H](C)CCN(C)Cc2noc(C(C)C)n2)o1. The number of furan rings is 1. The summed E-state index contributed by atoms with van der Waals surface area (Å²) in [6.07, 6.45) is 1.04. The van der Waals surface area contributed by atoms with Crippen molar-refractivity contribution in [1.82, 2.24) is 15.0 Å². The maximum Gasteiger partial charge on any atom is 0.229 e. The largest absolute Gasteiger partial charge is 0.466 e. The van der Waals surface area contributed by atoms with Crippen molar-refractivity contribution in [3.8, 4) is 0 Å². The van der Waals surface area contributed by atoms with Crippen molar-refractivity contribution < 1.29 is 8.94 Å². The quantitative estimate of drug-likeness (QED) is 0.778. The van der Waals surface area contributed by atoms with Gasteiger partial charge in [-0.3, -0.25) is 4.90 Å². The topological polar surface area (TPSA) is 55.3 Å². The first-order valence-corrected chi connectivity index (χ1v) is 7.53. The van der Waals surface area contributed by atoms with E-state index in [0.717, 1.165) is 30.3 Å². The Morgan fingerprint density at radius 3 is 2.57 bits per heavy atom. The smallest absolute Gasteiger partial charge is 0.229 e. The Morgan fingerprint density at radius 1 is 1.24 bits per heavy atom. The fourth-order valence-electron chi connectivity index (χ4n) is 2.16. The Labute approximate surface area is 126 Å². The van der Waals surface area contributed by atoms with Crippen LogP contribution in [0.4, 0.5) is 0 Å². The van der Waals surface area contributed by atoms with Crippen molar-refractivity contribution in [2.45, 2.75) is 52.5 Å². The molecule has 2 rings (SSSR count). The summed E-state index contributed by atoms with van der Waals surface area (Å²) in [5.41, 5.74) is 0. The van der Waals surface area contributed by atoms with Crippen LogP contribution in [0.15, 0.2) is 21.1 Å². The molecule has 0 amide bonds. The lowest BCUT2D eigenvalue weighted by molar-refractivity contribution is 0.289. The maximum absolute atomic E-state index is 5.67. The molecule has 5 heteroatoms. The van der Waals surface area contributed by atoms with Gasteiger partial charge in [-0.05, 0) is 39.1 Å². The van der Waals surface area contributed by atoms with Gasteiger partial charge in [-0.1, -0.05) is 25.9 Å². The molecule has 0 saturated carbocycles. The zero-order valence-corrected chi connectivity index (χ0v) is 13.6. The van der Waals surface area contributed by atoms with Crippen LogP contribution < -0.4 is 0 Å². The Hall–Kier alpha value is -1.62. The lowest BCUT2D eigenvalue weighted by Gasteiger charge is -2.16. The van der Waals surface area contributed by atoms with Crippen molar-refractivity contribution in [2.24, 2.45) is 0 Å². The van der Waals surface area contributed by atoms with E-state index in [1.54, 1.807) is 0 Å². The van der Waals surface area contributed by atoms with E-state index in [9.17, 15) is 0 Å². The number of aryl methyl sites for hydroxylation is 1. The normalized spacial score (nSPS) is 13.3. The molecule has 2 aromatic rings. The van der Waals surface area contributed by atoms with Gasteiger partial charge in [-0.25, -0.2) is 0 Å². The Balaban J connectivity index is 1.80. The van der Waals surface area contributed by atoms with Crippen molar-refractivity contribution in [1.29, 1.82) is 0 Å². The van der Waals surface area contributed by atoms with E-state index in [-0.39, 0.29) is 5.92 Å². The van der Waals surface area contributed by atoms with Gasteiger partial charge in [0.1, 0.15) is 11.5 Å². The summed E-state index contributed by atoms with van der Waals surface area (Å²) in [6, 6.07) is 4.08. The maximum atomic E-state index is 5.67. The third-order valence-electron chi connectivity index (χ3n) is 3.58. The minimum atomic E-state index is 0.277. The van der Waals surface area contributed by atoms with E-state index < -0.39 is 0 Å². The fraction of sp³-hybridized carbons (Fsp3) is 0.625. The summed E-state index contributed by atoms with van der Waals surface area (Å²) in [5, 5.41) is 4.02. The summed E-state index contributed by atoms with van der Waals surface area (Å²) >= 11 is 0. The van der Waals surface area contributed by atoms with Gasteiger partial charge in [-0.2, -0.15) is 4.98 Å². The molecule has 0 aliphatic rings. The first kappa shape index (κ1) is 15.8. The van der Waals surface area contributed by atoms with Crippen LogP contribution in [-0.4, -0.2) is 28.6 Å². The molecule has 116 valence electrons. The summed E-state index contributed by atoms with van der Waals surface area (Å²) in [4.78, 5) is 6.61. The van der Waals surface area contributed by atoms with Gasteiger partial charge in [0.05, 0.1) is 6.54 Å². The minimum absolute atomic E-state index is 0.277. The third-order valence-corrected chi connectivity index (χ3v) is 3.58.